The first-order chi connectivity index (χ1) is 8.76. The van der Waals surface area contributed by atoms with Gasteiger partial charge in [-0.3, -0.25) is 4.68 Å². The van der Waals surface area contributed by atoms with Crippen LogP contribution in [0, 0.1) is 0 Å². The third kappa shape index (κ3) is 2.74. The molecule has 1 aromatic heterocycles. The maximum Gasteiger partial charge on any atom is 0.0834 e. The molecule has 1 unspecified atom stereocenters. The Hall–Kier alpha value is -1.32. The first-order valence-corrected chi connectivity index (χ1v) is 6.56. The number of likely N-dealkylation sites (N-methyl/N-ethyl adjacent to an activating group) is 1. The number of nitrogens with zero attached hydrogens (tertiary/aromatic N) is 2. The molecule has 0 fully saturated rings. The maximum atomic E-state index is 6.24. The number of aromatic nitrogens is 2. The van der Waals surface area contributed by atoms with E-state index in [2.05, 4.69) is 41.6 Å². The van der Waals surface area contributed by atoms with Crippen molar-refractivity contribution in [2.45, 2.75) is 25.9 Å². The summed E-state index contributed by atoms with van der Waals surface area (Å²) in [5.74, 6) is 0. The number of halogens is 1. The fraction of sp³-hybridized carbons (Fsp3) is 0.357. The van der Waals surface area contributed by atoms with Crippen LogP contribution < -0.4 is 5.32 Å². The number of hydrogen-bond acceptors (Lipinski definition) is 2. The van der Waals surface area contributed by atoms with Gasteiger partial charge in [0.1, 0.15) is 0 Å². The minimum absolute atomic E-state index is 0.183. The second-order valence-corrected chi connectivity index (χ2v) is 4.63. The lowest BCUT2D eigenvalue weighted by Crippen LogP contribution is -2.22. The Morgan fingerprint density at radius 2 is 2.06 bits per heavy atom. The third-order valence-corrected chi connectivity index (χ3v) is 3.39. The summed E-state index contributed by atoms with van der Waals surface area (Å²) in [6.45, 7) is 2.90. The molecule has 0 aliphatic rings. The summed E-state index contributed by atoms with van der Waals surface area (Å²) in [5.41, 5.74) is 2.35. The molecule has 0 aliphatic carbocycles. The van der Waals surface area contributed by atoms with Gasteiger partial charge in [-0.1, -0.05) is 41.9 Å². The molecule has 0 saturated carbocycles. The molecule has 3 nitrogen and oxygen atoms in total. The molecule has 4 heteroatoms. The van der Waals surface area contributed by atoms with E-state index in [0.717, 1.165) is 23.7 Å². The van der Waals surface area contributed by atoms with Crippen LogP contribution in [-0.2, 0) is 13.0 Å². The Bertz CT molecular complexity index is 493. The first-order valence-electron chi connectivity index (χ1n) is 6.18. The van der Waals surface area contributed by atoms with Crippen molar-refractivity contribution in [1.82, 2.24) is 15.1 Å². The molecule has 0 aliphatic heterocycles. The average molecular weight is 264 g/mol. The summed E-state index contributed by atoms with van der Waals surface area (Å²) >= 11 is 6.24. The van der Waals surface area contributed by atoms with Gasteiger partial charge < -0.3 is 5.32 Å². The molecular weight excluding hydrogens is 246 g/mol. The highest BCUT2D eigenvalue weighted by atomic mass is 35.5. The quantitative estimate of drug-likeness (QED) is 0.899. The largest absolute Gasteiger partial charge is 0.311 e. The summed E-state index contributed by atoms with van der Waals surface area (Å²) in [4.78, 5) is 0. The molecule has 1 N–H and O–H groups in total. The molecule has 1 heterocycles. The Kier molecular flexibility index (Phi) is 4.39. The Morgan fingerprint density at radius 1 is 1.33 bits per heavy atom. The molecule has 1 atom stereocenters. The van der Waals surface area contributed by atoms with Crippen LogP contribution in [0.2, 0.25) is 5.02 Å². The minimum atomic E-state index is 0.183. The van der Waals surface area contributed by atoms with Crippen LogP contribution in [0.25, 0.3) is 0 Å². The predicted octanol–water partition coefficient (Wildman–Crippen LogP) is 3.06. The highest BCUT2D eigenvalue weighted by Crippen LogP contribution is 2.25. The highest BCUT2D eigenvalue weighted by molar-refractivity contribution is 6.31. The number of nitrogens with one attached hydrogen (secondary N) is 1. The molecule has 0 spiro atoms. The van der Waals surface area contributed by atoms with E-state index in [1.807, 2.05) is 17.8 Å². The molecule has 1 aromatic carbocycles. The van der Waals surface area contributed by atoms with E-state index < -0.39 is 0 Å². The van der Waals surface area contributed by atoms with Gasteiger partial charge in [-0.05, 0) is 26.0 Å². The van der Waals surface area contributed by atoms with E-state index in [0.29, 0.717) is 0 Å². The van der Waals surface area contributed by atoms with Gasteiger partial charge in [0.2, 0.25) is 0 Å². The van der Waals surface area contributed by atoms with E-state index in [1.165, 1.54) is 5.56 Å². The van der Waals surface area contributed by atoms with Crippen molar-refractivity contribution in [3.8, 4) is 0 Å². The molecule has 0 saturated heterocycles. The van der Waals surface area contributed by atoms with Crippen molar-refractivity contribution in [3.05, 3.63) is 52.8 Å². The fourth-order valence-corrected chi connectivity index (χ4v) is 2.43. The van der Waals surface area contributed by atoms with Gasteiger partial charge in [0.25, 0.3) is 0 Å². The lowest BCUT2D eigenvalue weighted by atomic mass is 10.0. The van der Waals surface area contributed by atoms with E-state index in [9.17, 15) is 0 Å². The Morgan fingerprint density at radius 3 is 2.67 bits per heavy atom. The topological polar surface area (TPSA) is 29.9 Å². The van der Waals surface area contributed by atoms with Gasteiger partial charge in [0, 0.05) is 6.54 Å². The lowest BCUT2D eigenvalue weighted by Gasteiger charge is -2.18. The monoisotopic (exact) mass is 263 g/mol. The summed E-state index contributed by atoms with van der Waals surface area (Å²) in [6.07, 6.45) is 2.62. The van der Waals surface area contributed by atoms with Crippen LogP contribution >= 0.6 is 11.6 Å². The van der Waals surface area contributed by atoms with E-state index in [-0.39, 0.29) is 6.04 Å². The molecule has 2 rings (SSSR count). The van der Waals surface area contributed by atoms with E-state index >= 15 is 0 Å². The molecule has 18 heavy (non-hydrogen) atoms. The maximum absolute atomic E-state index is 6.24. The zero-order valence-corrected chi connectivity index (χ0v) is 11.5. The predicted molar refractivity (Wildman–Crippen MR) is 74.9 cm³/mol. The number of aryl methyl sites for hydroxylation is 1. The smallest absolute Gasteiger partial charge is 0.0834 e. The number of benzene rings is 1. The van der Waals surface area contributed by atoms with E-state index in [4.69, 9.17) is 11.6 Å². The van der Waals surface area contributed by atoms with Crippen molar-refractivity contribution in [3.63, 3.8) is 0 Å². The first kappa shape index (κ1) is 13.1. The summed E-state index contributed by atoms with van der Waals surface area (Å²) < 4.78 is 1.95. The van der Waals surface area contributed by atoms with Crippen molar-refractivity contribution >= 4 is 11.6 Å². The van der Waals surface area contributed by atoms with Gasteiger partial charge >= 0.3 is 0 Å². The van der Waals surface area contributed by atoms with Crippen molar-refractivity contribution in [1.29, 1.82) is 0 Å². The van der Waals surface area contributed by atoms with Crippen LogP contribution in [0.1, 0.15) is 24.2 Å². The van der Waals surface area contributed by atoms with Crippen LogP contribution in [0.3, 0.4) is 0 Å². The summed E-state index contributed by atoms with van der Waals surface area (Å²) in [5, 5.41) is 8.34. The molecule has 0 radical (unpaired) electrons. The van der Waals surface area contributed by atoms with Crippen molar-refractivity contribution < 1.29 is 0 Å². The standard InChI is InChI=1S/C14H18ClN3/c1-3-18-14(12(15)10-17-18)13(16-2)9-11-7-5-4-6-8-11/h4-8,10,13,16H,3,9H2,1-2H3. The van der Waals surface area contributed by atoms with Gasteiger partial charge in [-0.25, -0.2) is 0 Å². The Labute approximate surface area is 113 Å². The molecule has 96 valence electrons. The van der Waals surface area contributed by atoms with Gasteiger partial charge in [0.05, 0.1) is 23.0 Å². The highest BCUT2D eigenvalue weighted by Gasteiger charge is 2.18. The SMILES string of the molecule is CCn1ncc(Cl)c1C(Cc1ccccc1)NC. The van der Waals surface area contributed by atoms with Crippen molar-refractivity contribution in [2.75, 3.05) is 7.05 Å². The number of hydrogen-bond donors (Lipinski definition) is 1. The summed E-state index contributed by atoms with van der Waals surface area (Å²) in [6, 6.07) is 10.6. The second kappa shape index (κ2) is 6.03. The van der Waals surface area contributed by atoms with Crippen LogP contribution in [0.5, 0.6) is 0 Å². The van der Waals surface area contributed by atoms with Crippen molar-refractivity contribution in [2.24, 2.45) is 0 Å². The van der Waals surface area contributed by atoms with Crippen LogP contribution in [0.4, 0.5) is 0 Å². The zero-order valence-electron chi connectivity index (χ0n) is 10.7. The average Bonchev–Trinajstić information content (AvgIpc) is 2.78. The summed E-state index contributed by atoms with van der Waals surface area (Å²) in [7, 11) is 1.96. The number of rotatable bonds is 5. The van der Waals surface area contributed by atoms with Gasteiger partial charge in [-0.2, -0.15) is 5.10 Å². The van der Waals surface area contributed by atoms with Crippen LogP contribution in [-0.4, -0.2) is 16.8 Å². The normalized spacial score (nSPS) is 12.6. The molecule has 0 bridgehead atoms. The lowest BCUT2D eigenvalue weighted by molar-refractivity contribution is 0.513. The zero-order chi connectivity index (χ0) is 13.0. The Balaban J connectivity index is 2.25. The van der Waals surface area contributed by atoms with Gasteiger partial charge in [-0.15, -0.1) is 0 Å². The van der Waals surface area contributed by atoms with Gasteiger partial charge in [0.15, 0.2) is 0 Å². The molecule has 2 aromatic rings. The second-order valence-electron chi connectivity index (χ2n) is 4.22. The fourth-order valence-electron chi connectivity index (χ4n) is 2.16. The molecular formula is C14H18ClN3. The van der Waals surface area contributed by atoms with Crippen LogP contribution in [0.15, 0.2) is 36.5 Å². The minimum Gasteiger partial charge on any atom is -0.311 e. The third-order valence-electron chi connectivity index (χ3n) is 3.09. The molecule has 0 amide bonds. The van der Waals surface area contributed by atoms with E-state index in [1.54, 1.807) is 6.20 Å².